The van der Waals surface area contributed by atoms with Gasteiger partial charge in [0.1, 0.15) is 6.29 Å². The molecule has 0 aliphatic carbocycles. The van der Waals surface area contributed by atoms with Crippen molar-refractivity contribution >= 4 is 12.0 Å². The van der Waals surface area contributed by atoms with E-state index < -0.39 is 0 Å². The van der Waals surface area contributed by atoms with Crippen LogP contribution in [-0.2, 0) is 4.79 Å². The standard InChI is InChI=1S/C10H12N2O/c13-6-3-9-7-12(8-9)10-1-4-11-5-2-10/h1-2,4-6,9H,3,7-8H2. The highest BCUT2D eigenvalue weighted by molar-refractivity contribution is 5.53. The van der Waals surface area contributed by atoms with Gasteiger partial charge in [-0.15, -0.1) is 0 Å². The molecule has 0 spiro atoms. The smallest absolute Gasteiger partial charge is 0.120 e. The average molecular weight is 176 g/mol. The number of hydrogen-bond acceptors (Lipinski definition) is 3. The van der Waals surface area contributed by atoms with Crippen LogP contribution in [0.15, 0.2) is 24.5 Å². The Labute approximate surface area is 77.4 Å². The molecule has 0 bridgehead atoms. The van der Waals surface area contributed by atoms with Crippen LogP contribution in [0.25, 0.3) is 0 Å². The summed E-state index contributed by atoms with van der Waals surface area (Å²) in [5.74, 6) is 0.561. The lowest BCUT2D eigenvalue weighted by Gasteiger charge is -2.40. The largest absolute Gasteiger partial charge is 0.371 e. The zero-order valence-electron chi connectivity index (χ0n) is 7.39. The average Bonchev–Trinajstić information content (AvgIpc) is 2.12. The van der Waals surface area contributed by atoms with E-state index in [2.05, 4.69) is 9.88 Å². The van der Waals surface area contributed by atoms with Crippen molar-refractivity contribution in [2.45, 2.75) is 6.42 Å². The lowest BCUT2D eigenvalue weighted by molar-refractivity contribution is -0.108. The van der Waals surface area contributed by atoms with Gasteiger partial charge in [0, 0.05) is 43.5 Å². The molecule has 0 unspecified atom stereocenters. The predicted octanol–water partition coefficient (Wildman–Crippen LogP) is 1.11. The molecule has 1 aromatic rings. The number of carbonyl (C=O) groups is 1. The molecule has 2 rings (SSSR count). The lowest BCUT2D eigenvalue weighted by Crippen LogP contribution is -2.46. The van der Waals surface area contributed by atoms with E-state index in [1.165, 1.54) is 5.69 Å². The van der Waals surface area contributed by atoms with Crippen molar-refractivity contribution in [3.63, 3.8) is 0 Å². The van der Waals surface area contributed by atoms with Gasteiger partial charge in [-0.1, -0.05) is 0 Å². The summed E-state index contributed by atoms with van der Waals surface area (Å²) in [6.07, 6.45) is 5.29. The molecule has 1 aliphatic heterocycles. The first-order valence-electron chi connectivity index (χ1n) is 4.49. The summed E-state index contributed by atoms with van der Waals surface area (Å²) in [5, 5.41) is 0. The van der Waals surface area contributed by atoms with E-state index in [0.717, 1.165) is 19.4 Å². The topological polar surface area (TPSA) is 33.2 Å². The van der Waals surface area contributed by atoms with Gasteiger partial charge in [0.2, 0.25) is 0 Å². The third-order valence-electron chi connectivity index (χ3n) is 2.41. The Balaban J connectivity index is 1.90. The number of hydrogen-bond donors (Lipinski definition) is 0. The molecule has 1 fully saturated rings. The summed E-state index contributed by atoms with van der Waals surface area (Å²) >= 11 is 0. The van der Waals surface area contributed by atoms with Crippen LogP contribution >= 0.6 is 0 Å². The van der Waals surface area contributed by atoms with E-state index in [0.29, 0.717) is 12.3 Å². The Morgan fingerprint density at radius 2 is 2.15 bits per heavy atom. The minimum Gasteiger partial charge on any atom is -0.371 e. The van der Waals surface area contributed by atoms with Crippen LogP contribution in [0.3, 0.4) is 0 Å². The normalized spacial score (nSPS) is 16.8. The Hall–Kier alpha value is -1.38. The molecule has 1 aromatic heterocycles. The first-order valence-corrected chi connectivity index (χ1v) is 4.49. The van der Waals surface area contributed by atoms with Gasteiger partial charge in [0.25, 0.3) is 0 Å². The Morgan fingerprint density at radius 3 is 2.77 bits per heavy atom. The second-order valence-corrected chi connectivity index (χ2v) is 3.38. The van der Waals surface area contributed by atoms with Crippen molar-refractivity contribution in [3.05, 3.63) is 24.5 Å². The van der Waals surface area contributed by atoms with Gasteiger partial charge in [-0.2, -0.15) is 0 Å². The van der Waals surface area contributed by atoms with Crippen LogP contribution in [-0.4, -0.2) is 24.4 Å². The monoisotopic (exact) mass is 176 g/mol. The molecule has 1 saturated heterocycles. The second kappa shape index (κ2) is 3.56. The summed E-state index contributed by atoms with van der Waals surface area (Å²) in [5.41, 5.74) is 1.21. The summed E-state index contributed by atoms with van der Waals surface area (Å²) in [6, 6.07) is 3.99. The molecule has 3 heteroatoms. The van der Waals surface area contributed by atoms with Crippen molar-refractivity contribution in [2.24, 2.45) is 5.92 Å². The predicted molar refractivity (Wildman–Crippen MR) is 50.6 cm³/mol. The van der Waals surface area contributed by atoms with Crippen molar-refractivity contribution < 1.29 is 4.79 Å². The van der Waals surface area contributed by atoms with Gasteiger partial charge in [0.15, 0.2) is 0 Å². The van der Waals surface area contributed by atoms with Gasteiger partial charge in [-0.05, 0) is 12.1 Å². The fourth-order valence-corrected chi connectivity index (χ4v) is 1.62. The first kappa shape index (κ1) is 8.23. The van der Waals surface area contributed by atoms with Crippen LogP contribution in [0.2, 0.25) is 0 Å². The minimum absolute atomic E-state index is 0.561. The van der Waals surface area contributed by atoms with E-state index in [1.807, 2.05) is 12.1 Å². The number of nitrogens with zero attached hydrogens (tertiary/aromatic N) is 2. The van der Waals surface area contributed by atoms with Crippen LogP contribution in [0, 0.1) is 5.92 Å². The van der Waals surface area contributed by atoms with Gasteiger partial charge in [0.05, 0.1) is 0 Å². The number of rotatable bonds is 3. The molecule has 0 saturated carbocycles. The lowest BCUT2D eigenvalue weighted by atomic mass is 9.96. The molecule has 68 valence electrons. The molecular weight excluding hydrogens is 164 g/mol. The van der Waals surface area contributed by atoms with Crippen molar-refractivity contribution in [1.29, 1.82) is 0 Å². The van der Waals surface area contributed by atoms with E-state index in [9.17, 15) is 4.79 Å². The van der Waals surface area contributed by atoms with E-state index in [4.69, 9.17) is 0 Å². The van der Waals surface area contributed by atoms with Crippen molar-refractivity contribution in [1.82, 2.24) is 4.98 Å². The van der Waals surface area contributed by atoms with Gasteiger partial charge < -0.3 is 9.69 Å². The maximum Gasteiger partial charge on any atom is 0.120 e. The molecule has 0 amide bonds. The second-order valence-electron chi connectivity index (χ2n) is 3.38. The SMILES string of the molecule is O=CCC1CN(c2ccncc2)C1. The zero-order chi connectivity index (χ0) is 9.10. The maximum absolute atomic E-state index is 10.2. The van der Waals surface area contributed by atoms with Gasteiger partial charge in [-0.3, -0.25) is 4.98 Å². The molecule has 0 N–H and O–H groups in total. The van der Waals surface area contributed by atoms with E-state index in [1.54, 1.807) is 12.4 Å². The fourth-order valence-electron chi connectivity index (χ4n) is 1.62. The molecule has 0 radical (unpaired) electrons. The number of pyridine rings is 1. The fraction of sp³-hybridized carbons (Fsp3) is 0.400. The summed E-state index contributed by atoms with van der Waals surface area (Å²) in [7, 11) is 0. The van der Waals surface area contributed by atoms with E-state index in [-0.39, 0.29) is 0 Å². The van der Waals surface area contributed by atoms with E-state index >= 15 is 0 Å². The molecule has 1 aliphatic rings. The maximum atomic E-state index is 10.2. The summed E-state index contributed by atoms with van der Waals surface area (Å²) in [4.78, 5) is 16.4. The molecule has 0 atom stereocenters. The van der Waals surface area contributed by atoms with Crippen LogP contribution < -0.4 is 4.90 Å². The summed E-state index contributed by atoms with van der Waals surface area (Å²) in [6.45, 7) is 2.01. The third kappa shape index (κ3) is 1.69. The third-order valence-corrected chi connectivity index (χ3v) is 2.41. The zero-order valence-corrected chi connectivity index (χ0v) is 7.39. The highest BCUT2D eigenvalue weighted by Crippen LogP contribution is 2.24. The highest BCUT2D eigenvalue weighted by atomic mass is 16.1. The van der Waals surface area contributed by atoms with Crippen molar-refractivity contribution in [3.8, 4) is 0 Å². The molecule has 0 aromatic carbocycles. The van der Waals surface area contributed by atoms with Crippen LogP contribution in [0.4, 0.5) is 5.69 Å². The Kier molecular flexibility index (Phi) is 2.25. The van der Waals surface area contributed by atoms with Gasteiger partial charge in [-0.25, -0.2) is 0 Å². The molecule has 2 heterocycles. The minimum atomic E-state index is 0.561. The Bertz CT molecular complexity index is 280. The molecular formula is C10H12N2O. The number of aromatic nitrogens is 1. The quantitative estimate of drug-likeness (QED) is 0.647. The van der Waals surface area contributed by atoms with Crippen LogP contribution in [0.1, 0.15) is 6.42 Å². The van der Waals surface area contributed by atoms with Crippen molar-refractivity contribution in [2.75, 3.05) is 18.0 Å². The highest BCUT2D eigenvalue weighted by Gasteiger charge is 2.25. The molecule has 13 heavy (non-hydrogen) atoms. The number of aldehydes is 1. The van der Waals surface area contributed by atoms with Gasteiger partial charge >= 0.3 is 0 Å². The first-order chi connectivity index (χ1) is 6.40. The summed E-state index contributed by atoms with van der Waals surface area (Å²) < 4.78 is 0. The van der Waals surface area contributed by atoms with Crippen LogP contribution in [0.5, 0.6) is 0 Å². The number of anilines is 1. The molecule has 3 nitrogen and oxygen atoms in total. The number of carbonyl (C=O) groups excluding carboxylic acids is 1. The Morgan fingerprint density at radius 1 is 1.46 bits per heavy atom.